The highest BCUT2D eigenvalue weighted by atomic mass is 35.5. The molecule has 1 aromatic rings. The Hall–Kier alpha value is -0.620. The molecule has 0 bridgehead atoms. The molecule has 1 saturated carbocycles. The lowest BCUT2D eigenvalue weighted by Crippen LogP contribution is -2.52. The van der Waals surface area contributed by atoms with Crippen LogP contribution in [0.3, 0.4) is 0 Å². The van der Waals surface area contributed by atoms with Crippen molar-refractivity contribution in [3.8, 4) is 0 Å². The fourth-order valence-corrected chi connectivity index (χ4v) is 5.22. The molecule has 0 N–H and O–H groups in total. The number of benzene rings is 1. The van der Waals surface area contributed by atoms with Crippen molar-refractivity contribution in [1.82, 2.24) is 9.21 Å². The van der Waals surface area contributed by atoms with Gasteiger partial charge in [0.2, 0.25) is 10.0 Å². The molecule has 1 heterocycles. The lowest BCUT2D eigenvalue weighted by Gasteiger charge is -2.41. The van der Waals surface area contributed by atoms with Crippen LogP contribution in [0.1, 0.15) is 32.6 Å². The third-order valence-electron chi connectivity index (χ3n) is 5.23. The summed E-state index contributed by atoms with van der Waals surface area (Å²) in [4.78, 5) is 2.82. The molecule has 4 nitrogen and oxygen atoms in total. The molecule has 1 aromatic carbocycles. The highest BCUT2D eigenvalue weighted by Crippen LogP contribution is 2.28. The van der Waals surface area contributed by atoms with Gasteiger partial charge in [0.15, 0.2) is 0 Å². The normalized spacial score (nSPS) is 27.9. The molecule has 1 aliphatic carbocycles. The lowest BCUT2D eigenvalue weighted by molar-refractivity contribution is 0.101. The van der Waals surface area contributed by atoms with E-state index in [4.69, 9.17) is 11.6 Å². The van der Waals surface area contributed by atoms with Gasteiger partial charge in [0.25, 0.3) is 0 Å². The Morgan fingerprint density at radius 2 is 1.52 bits per heavy atom. The van der Waals surface area contributed by atoms with Gasteiger partial charge in [-0.1, -0.05) is 18.5 Å². The van der Waals surface area contributed by atoms with E-state index in [1.54, 1.807) is 28.6 Å². The number of hydrogen-bond acceptors (Lipinski definition) is 3. The topological polar surface area (TPSA) is 40.6 Å². The van der Waals surface area contributed by atoms with E-state index in [1.807, 2.05) is 0 Å². The van der Waals surface area contributed by atoms with Crippen LogP contribution in [-0.4, -0.2) is 49.8 Å². The Balaban J connectivity index is 1.61. The van der Waals surface area contributed by atoms with Crippen molar-refractivity contribution >= 4 is 21.6 Å². The fraction of sp³-hybridized carbons (Fsp3) is 0.647. The molecule has 2 aliphatic rings. The molecule has 1 aliphatic heterocycles. The van der Waals surface area contributed by atoms with Crippen molar-refractivity contribution in [2.24, 2.45) is 5.92 Å². The van der Waals surface area contributed by atoms with Crippen molar-refractivity contribution in [1.29, 1.82) is 0 Å². The molecule has 0 radical (unpaired) electrons. The molecule has 0 atom stereocenters. The minimum atomic E-state index is -3.39. The maximum atomic E-state index is 12.7. The minimum Gasteiger partial charge on any atom is -0.298 e. The fourth-order valence-electron chi connectivity index (χ4n) is 3.67. The first kappa shape index (κ1) is 17.2. The van der Waals surface area contributed by atoms with E-state index in [-0.39, 0.29) is 0 Å². The number of nitrogens with zero attached hydrogens (tertiary/aromatic N) is 2. The number of piperazine rings is 1. The Labute approximate surface area is 144 Å². The van der Waals surface area contributed by atoms with Crippen LogP contribution in [0, 0.1) is 5.92 Å². The number of rotatable bonds is 3. The summed E-state index contributed by atoms with van der Waals surface area (Å²) >= 11 is 5.85. The van der Waals surface area contributed by atoms with Gasteiger partial charge in [-0.2, -0.15) is 4.31 Å². The van der Waals surface area contributed by atoms with Crippen LogP contribution in [-0.2, 0) is 10.0 Å². The Bertz CT molecular complexity index is 616. The Morgan fingerprint density at radius 3 is 2.09 bits per heavy atom. The molecule has 23 heavy (non-hydrogen) atoms. The monoisotopic (exact) mass is 356 g/mol. The van der Waals surface area contributed by atoms with Gasteiger partial charge in [-0.25, -0.2) is 8.42 Å². The quantitative estimate of drug-likeness (QED) is 0.834. The van der Waals surface area contributed by atoms with E-state index in [0.29, 0.717) is 29.0 Å². The summed E-state index contributed by atoms with van der Waals surface area (Å²) in [6.07, 6.45) is 5.11. The van der Waals surface area contributed by atoms with Crippen LogP contribution in [0.5, 0.6) is 0 Å². The molecule has 3 rings (SSSR count). The number of sulfonamides is 1. The highest BCUT2D eigenvalue weighted by Gasteiger charge is 2.32. The zero-order valence-electron chi connectivity index (χ0n) is 13.6. The predicted octanol–water partition coefficient (Wildman–Crippen LogP) is 3.23. The van der Waals surface area contributed by atoms with Crippen molar-refractivity contribution in [2.45, 2.75) is 43.5 Å². The summed E-state index contributed by atoms with van der Waals surface area (Å²) in [5, 5.41) is 0.556. The number of hydrogen-bond donors (Lipinski definition) is 0. The van der Waals surface area contributed by atoms with E-state index in [9.17, 15) is 8.42 Å². The van der Waals surface area contributed by atoms with Crippen molar-refractivity contribution in [2.75, 3.05) is 26.2 Å². The third-order valence-corrected chi connectivity index (χ3v) is 7.39. The van der Waals surface area contributed by atoms with Crippen LogP contribution < -0.4 is 0 Å². The van der Waals surface area contributed by atoms with Gasteiger partial charge in [-0.3, -0.25) is 4.90 Å². The summed E-state index contributed by atoms with van der Waals surface area (Å²) in [6, 6.07) is 7.09. The highest BCUT2D eigenvalue weighted by molar-refractivity contribution is 7.89. The number of halogens is 1. The molecule has 6 heteroatoms. The molecule has 0 unspecified atom stereocenters. The molecule has 128 valence electrons. The van der Waals surface area contributed by atoms with E-state index in [2.05, 4.69) is 11.8 Å². The maximum Gasteiger partial charge on any atom is 0.243 e. The molecular weight excluding hydrogens is 332 g/mol. The summed E-state index contributed by atoms with van der Waals surface area (Å²) in [5.41, 5.74) is 0. The molecule has 1 saturated heterocycles. The zero-order chi connectivity index (χ0) is 16.4. The van der Waals surface area contributed by atoms with Gasteiger partial charge in [-0.05, 0) is 55.9 Å². The molecular formula is C17H25ClN2O2S. The van der Waals surface area contributed by atoms with Crippen LogP contribution >= 0.6 is 11.6 Å². The van der Waals surface area contributed by atoms with Gasteiger partial charge >= 0.3 is 0 Å². The first-order valence-corrected chi connectivity index (χ1v) is 10.3. The average molecular weight is 357 g/mol. The van der Waals surface area contributed by atoms with Gasteiger partial charge in [0.1, 0.15) is 0 Å². The van der Waals surface area contributed by atoms with Gasteiger partial charge in [-0.15, -0.1) is 0 Å². The smallest absolute Gasteiger partial charge is 0.243 e. The van der Waals surface area contributed by atoms with Gasteiger partial charge in [0, 0.05) is 37.2 Å². The average Bonchev–Trinajstić information content (AvgIpc) is 2.56. The SMILES string of the molecule is CC1CCC(N2CCN(S(=O)(=O)c3ccc(Cl)cc3)CC2)CC1. The summed E-state index contributed by atoms with van der Waals surface area (Å²) < 4.78 is 27.0. The largest absolute Gasteiger partial charge is 0.298 e. The maximum absolute atomic E-state index is 12.7. The second-order valence-corrected chi connectivity index (χ2v) is 9.18. The molecule has 0 amide bonds. The third kappa shape index (κ3) is 3.90. The second kappa shape index (κ2) is 7.09. The Kier molecular flexibility index (Phi) is 5.31. The van der Waals surface area contributed by atoms with Crippen LogP contribution in [0.4, 0.5) is 0 Å². The second-order valence-electron chi connectivity index (χ2n) is 6.81. The van der Waals surface area contributed by atoms with Gasteiger partial charge in [0.05, 0.1) is 4.90 Å². The summed E-state index contributed by atoms with van der Waals surface area (Å²) in [5.74, 6) is 0.845. The van der Waals surface area contributed by atoms with Crippen molar-refractivity contribution in [3.63, 3.8) is 0 Å². The Morgan fingerprint density at radius 1 is 0.957 bits per heavy atom. The molecule has 0 spiro atoms. The van der Waals surface area contributed by atoms with Crippen LogP contribution in [0.15, 0.2) is 29.2 Å². The molecule has 0 aromatic heterocycles. The van der Waals surface area contributed by atoms with Crippen molar-refractivity contribution in [3.05, 3.63) is 29.3 Å². The van der Waals surface area contributed by atoms with Gasteiger partial charge < -0.3 is 0 Å². The summed E-state index contributed by atoms with van der Waals surface area (Å²) in [7, 11) is -3.39. The van der Waals surface area contributed by atoms with Crippen molar-refractivity contribution < 1.29 is 8.42 Å². The standard InChI is InChI=1S/C17H25ClN2O2S/c1-14-2-6-16(7-3-14)19-10-12-20(13-11-19)23(21,22)17-8-4-15(18)5-9-17/h4-5,8-9,14,16H,2-3,6-7,10-13H2,1H3. The summed E-state index contributed by atoms with van der Waals surface area (Å²) in [6.45, 7) is 5.17. The van der Waals surface area contributed by atoms with E-state index >= 15 is 0 Å². The van der Waals surface area contributed by atoms with E-state index in [0.717, 1.165) is 19.0 Å². The van der Waals surface area contributed by atoms with E-state index < -0.39 is 10.0 Å². The minimum absolute atomic E-state index is 0.335. The first-order valence-electron chi connectivity index (χ1n) is 8.46. The lowest BCUT2D eigenvalue weighted by atomic mass is 9.86. The predicted molar refractivity (Wildman–Crippen MR) is 93.2 cm³/mol. The molecule has 2 fully saturated rings. The van der Waals surface area contributed by atoms with Crippen LogP contribution in [0.2, 0.25) is 5.02 Å². The first-order chi connectivity index (χ1) is 11.0. The van der Waals surface area contributed by atoms with E-state index in [1.165, 1.54) is 25.7 Å². The van der Waals surface area contributed by atoms with Crippen LogP contribution in [0.25, 0.3) is 0 Å². The zero-order valence-corrected chi connectivity index (χ0v) is 15.2.